The van der Waals surface area contributed by atoms with Crippen LogP contribution in [0.3, 0.4) is 0 Å². The lowest BCUT2D eigenvalue weighted by Crippen LogP contribution is -2.18. The quantitative estimate of drug-likeness (QED) is 0.885. The van der Waals surface area contributed by atoms with Crippen molar-refractivity contribution in [1.29, 1.82) is 0 Å². The van der Waals surface area contributed by atoms with E-state index in [0.29, 0.717) is 5.69 Å². The summed E-state index contributed by atoms with van der Waals surface area (Å²) in [5, 5.41) is 0. The first-order valence-corrected chi connectivity index (χ1v) is 5.27. The Kier molecular flexibility index (Phi) is 3.49. The van der Waals surface area contributed by atoms with Gasteiger partial charge in [-0.05, 0) is 5.56 Å². The van der Waals surface area contributed by atoms with Gasteiger partial charge in [0.1, 0.15) is 0 Å². The summed E-state index contributed by atoms with van der Waals surface area (Å²) >= 11 is 0. The van der Waals surface area contributed by atoms with Crippen LogP contribution in [0.5, 0.6) is 0 Å². The Morgan fingerprint density at radius 3 is 2.59 bits per heavy atom. The van der Waals surface area contributed by atoms with E-state index in [1.165, 1.54) is 17.1 Å². The molecule has 2 rings (SSSR count). The number of hydrogen-bond acceptors (Lipinski definition) is 2. The van der Waals surface area contributed by atoms with E-state index in [1.54, 1.807) is 0 Å². The number of benzene rings is 1. The van der Waals surface area contributed by atoms with Gasteiger partial charge in [-0.2, -0.15) is 0 Å². The second-order valence-corrected chi connectivity index (χ2v) is 3.75. The van der Waals surface area contributed by atoms with Gasteiger partial charge in [0.05, 0.1) is 30.8 Å². The van der Waals surface area contributed by atoms with E-state index < -0.39 is 12.5 Å². The summed E-state index contributed by atoms with van der Waals surface area (Å²) in [4.78, 5) is 3.87. The van der Waals surface area contributed by atoms with Crippen molar-refractivity contribution in [2.75, 3.05) is 0 Å². The van der Waals surface area contributed by atoms with Gasteiger partial charge >= 0.3 is 0 Å². The average Bonchev–Trinajstić information content (AvgIpc) is 2.76. The Morgan fingerprint density at radius 2 is 1.94 bits per heavy atom. The summed E-state index contributed by atoms with van der Waals surface area (Å²) in [5.74, 6) is 0. The topological polar surface area (TPSA) is 43.8 Å². The molecular formula is C12H13F2N3. The highest BCUT2D eigenvalue weighted by Gasteiger charge is 2.15. The molecule has 3 nitrogen and oxygen atoms in total. The maximum absolute atomic E-state index is 12.4. The molecule has 0 aliphatic carbocycles. The molecule has 0 saturated heterocycles. The molecule has 1 atom stereocenters. The molecule has 1 heterocycles. The van der Waals surface area contributed by atoms with Gasteiger partial charge in [0.2, 0.25) is 0 Å². The Hall–Kier alpha value is -1.75. The monoisotopic (exact) mass is 237 g/mol. The molecule has 1 aromatic carbocycles. The highest BCUT2D eigenvalue weighted by Crippen LogP contribution is 2.19. The Balaban J connectivity index is 2.25. The van der Waals surface area contributed by atoms with Crippen molar-refractivity contribution >= 4 is 0 Å². The molecule has 17 heavy (non-hydrogen) atoms. The molecule has 90 valence electrons. The number of hydrogen-bond donors (Lipinski definition) is 1. The summed E-state index contributed by atoms with van der Waals surface area (Å²) in [6.45, 7) is -0.379. The molecule has 2 N–H and O–H groups in total. The zero-order valence-electron chi connectivity index (χ0n) is 9.13. The van der Waals surface area contributed by atoms with Gasteiger partial charge < -0.3 is 10.3 Å². The summed E-state index contributed by atoms with van der Waals surface area (Å²) in [5.41, 5.74) is 7.50. The summed E-state index contributed by atoms with van der Waals surface area (Å²) in [6.07, 6.45) is 0.496. The van der Waals surface area contributed by atoms with Gasteiger partial charge in [0.25, 0.3) is 6.43 Å². The van der Waals surface area contributed by atoms with Crippen LogP contribution in [0.2, 0.25) is 0 Å². The van der Waals surface area contributed by atoms with Gasteiger partial charge in [-0.1, -0.05) is 30.3 Å². The molecule has 0 radical (unpaired) electrons. The fraction of sp³-hybridized carbons (Fsp3) is 0.250. The Bertz CT molecular complexity index is 468. The first kappa shape index (κ1) is 11.7. The molecule has 0 spiro atoms. The summed E-state index contributed by atoms with van der Waals surface area (Å²) in [6, 6.07) is 8.91. The number of imidazole rings is 1. The number of nitrogens with two attached hydrogens (primary N) is 1. The molecule has 0 fully saturated rings. The lowest BCUT2D eigenvalue weighted by molar-refractivity contribution is 0.125. The highest BCUT2D eigenvalue weighted by atomic mass is 19.3. The fourth-order valence-electron chi connectivity index (χ4n) is 1.72. The van der Waals surface area contributed by atoms with E-state index in [2.05, 4.69) is 4.98 Å². The third-order valence-electron chi connectivity index (χ3n) is 2.56. The predicted octanol–water partition coefficient (Wildman–Crippen LogP) is 2.20. The van der Waals surface area contributed by atoms with E-state index in [0.717, 1.165) is 5.56 Å². The summed E-state index contributed by atoms with van der Waals surface area (Å²) < 4.78 is 26.1. The molecule has 0 bridgehead atoms. The highest BCUT2D eigenvalue weighted by molar-refractivity contribution is 5.26. The lowest BCUT2D eigenvalue weighted by Gasteiger charge is -2.14. The number of aromatic nitrogens is 2. The van der Waals surface area contributed by atoms with Gasteiger partial charge in [0, 0.05) is 0 Å². The van der Waals surface area contributed by atoms with Crippen LogP contribution in [0.15, 0.2) is 42.9 Å². The molecule has 5 heteroatoms. The maximum atomic E-state index is 12.4. The molecule has 0 aliphatic rings. The summed E-state index contributed by atoms with van der Waals surface area (Å²) in [7, 11) is 0. The standard InChI is InChI=1S/C12H13F2N3/c13-11(14)7-17-8-16-6-10(17)12(15)9-4-2-1-3-5-9/h1-6,8,11-12H,7,15H2. The molecule has 0 amide bonds. The first-order chi connectivity index (χ1) is 8.18. The van der Waals surface area contributed by atoms with E-state index in [-0.39, 0.29) is 6.54 Å². The van der Waals surface area contributed by atoms with Gasteiger partial charge in [-0.25, -0.2) is 13.8 Å². The van der Waals surface area contributed by atoms with E-state index in [4.69, 9.17) is 5.73 Å². The van der Waals surface area contributed by atoms with Crippen LogP contribution in [0, 0.1) is 0 Å². The Morgan fingerprint density at radius 1 is 1.24 bits per heavy atom. The smallest absolute Gasteiger partial charge is 0.256 e. The first-order valence-electron chi connectivity index (χ1n) is 5.27. The second kappa shape index (κ2) is 5.05. The molecule has 1 aromatic heterocycles. The van der Waals surface area contributed by atoms with E-state index in [9.17, 15) is 8.78 Å². The van der Waals surface area contributed by atoms with Crippen molar-refractivity contribution in [2.24, 2.45) is 5.73 Å². The predicted molar refractivity (Wildman–Crippen MR) is 60.7 cm³/mol. The number of halogens is 2. The van der Waals surface area contributed by atoms with Crippen molar-refractivity contribution < 1.29 is 8.78 Å². The molecule has 0 aliphatic heterocycles. The molecular weight excluding hydrogens is 224 g/mol. The zero-order valence-corrected chi connectivity index (χ0v) is 9.13. The minimum Gasteiger partial charge on any atom is -0.327 e. The van der Waals surface area contributed by atoms with Gasteiger partial charge in [-0.3, -0.25) is 0 Å². The third-order valence-corrected chi connectivity index (χ3v) is 2.56. The number of nitrogens with zero attached hydrogens (tertiary/aromatic N) is 2. The number of alkyl halides is 2. The minimum absolute atomic E-state index is 0.379. The van der Waals surface area contributed by atoms with Crippen molar-refractivity contribution in [3.63, 3.8) is 0 Å². The van der Waals surface area contributed by atoms with Gasteiger partial charge in [-0.15, -0.1) is 0 Å². The largest absolute Gasteiger partial charge is 0.327 e. The van der Waals surface area contributed by atoms with Crippen molar-refractivity contribution in [3.8, 4) is 0 Å². The van der Waals surface area contributed by atoms with Crippen LogP contribution in [-0.4, -0.2) is 16.0 Å². The van der Waals surface area contributed by atoms with Crippen LogP contribution in [-0.2, 0) is 6.54 Å². The number of rotatable bonds is 4. The maximum Gasteiger partial charge on any atom is 0.256 e. The Labute approximate surface area is 97.9 Å². The van der Waals surface area contributed by atoms with Crippen LogP contribution in [0.25, 0.3) is 0 Å². The van der Waals surface area contributed by atoms with E-state index >= 15 is 0 Å². The van der Waals surface area contributed by atoms with Crippen molar-refractivity contribution in [1.82, 2.24) is 9.55 Å². The van der Waals surface area contributed by atoms with Crippen molar-refractivity contribution in [2.45, 2.75) is 19.0 Å². The van der Waals surface area contributed by atoms with Crippen LogP contribution < -0.4 is 5.73 Å². The van der Waals surface area contributed by atoms with Crippen LogP contribution >= 0.6 is 0 Å². The molecule has 0 saturated carbocycles. The molecule has 2 aromatic rings. The fourth-order valence-corrected chi connectivity index (χ4v) is 1.72. The second-order valence-electron chi connectivity index (χ2n) is 3.75. The van der Waals surface area contributed by atoms with Gasteiger partial charge in [0.15, 0.2) is 0 Å². The average molecular weight is 237 g/mol. The SMILES string of the molecule is NC(c1ccccc1)c1cncn1CC(F)F. The van der Waals surface area contributed by atoms with Crippen LogP contribution in [0.4, 0.5) is 8.78 Å². The lowest BCUT2D eigenvalue weighted by atomic mass is 10.1. The van der Waals surface area contributed by atoms with Crippen LogP contribution in [0.1, 0.15) is 17.3 Å². The molecule has 1 unspecified atom stereocenters. The minimum atomic E-state index is -2.41. The normalized spacial score (nSPS) is 12.9. The third kappa shape index (κ3) is 2.68. The van der Waals surface area contributed by atoms with E-state index in [1.807, 2.05) is 30.3 Å². The zero-order chi connectivity index (χ0) is 12.3. The van der Waals surface area contributed by atoms with Crippen molar-refractivity contribution in [3.05, 3.63) is 54.1 Å².